The van der Waals surface area contributed by atoms with Gasteiger partial charge in [0.25, 0.3) is 0 Å². The van der Waals surface area contributed by atoms with Gasteiger partial charge in [0.15, 0.2) is 5.96 Å². The van der Waals surface area contributed by atoms with Crippen LogP contribution in [0.3, 0.4) is 0 Å². The molecule has 0 aliphatic carbocycles. The quantitative estimate of drug-likeness (QED) is 0.381. The number of carboxylic acid groups (broad SMARTS) is 1. The third-order valence-electron chi connectivity index (χ3n) is 5.01. The minimum atomic E-state index is -0.812. The number of carboxylic acids is 1. The predicted octanol–water partition coefficient (Wildman–Crippen LogP) is 1.47. The SMILES string of the molecule is N=C(N)N1CC=C(CCN2CCN(c3ccc(CCC(=O)O)cc3)C2=O)C1. The number of benzene rings is 1. The normalized spacial score (nSPS) is 16.8. The molecule has 0 unspecified atom stereocenters. The molecule has 2 aliphatic heterocycles. The van der Waals surface area contributed by atoms with Crippen molar-refractivity contribution < 1.29 is 14.7 Å². The summed E-state index contributed by atoms with van der Waals surface area (Å²) in [5.41, 5.74) is 8.50. The van der Waals surface area contributed by atoms with Crippen molar-refractivity contribution in [1.29, 1.82) is 5.41 Å². The highest BCUT2D eigenvalue weighted by molar-refractivity contribution is 5.94. The summed E-state index contributed by atoms with van der Waals surface area (Å²) in [5.74, 6) is -0.732. The average Bonchev–Trinajstić information content (AvgIpc) is 3.26. The summed E-state index contributed by atoms with van der Waals surface area (Å²) >= 11 is 0. The number of nitrogens with two attached hydrogens (primary N) is 1. The number of hydrogen-bond acceptors (Lipinski definition) is 3. The first kappa shape index (κ1) is 18.8. The molecule has 0 atom stereocenters. The third-order valence-corrected chi connectivity index (χ3v) is 5.01. The molecule has 2 aliphatic rings. The molecule has 27 heavy (non-hydrogen) atoms. The van der Waals surface area contributed by atoms with Gasteiger partial charge in [-0.3, -0.25) is 15.1 Å². The topological polar surface area (TPSA) is 114 Å². The molecule has 0 aromatic heterocycles. The molecule has 1 saturated heterocycles. The molecular weight excluding hydrogens is 346 g/mol. The zero-order valence-electron chi connectivity index (χ0n) is 15.2. The van der Waals surface area contributed by atoms with E-state index in [0.29, 0.717) is 39.1 Å². The van der Waals surface area contributed by atoms with E-state index in [0.717, 1.165) is 17.7 Å². The van der Waals surface area contributed by atoms with Crippen LogP contribution in [0.25, 0.3) is 0 Å². The summed E-state index contributed by atoms with van der Waals surface area (Å²) in [7, 11) is 0. The first-order valence-corrected chi connectivity index (χ1v) is 9.08. The molecule has 1 aromatic rings. The Morgan fingerprint density at radius 3 is 2.56 bits per heavy atom. The molecule has 2 heterocycles. The van der Waals surface area contributed by atoms with Gasteiger partial charge in [0, 0.05) is 44.8 Å². The number of anilines is 1. The minimum absolute atomic E-state index is 0.00435. The van der Waals surface area contributed by atoms with Crippen LogP contribution in [-0.2, 0) is 11.2 Å². The Labute approximate surface area is 158 Å². The molecule has 3 rings (SSSR count). The van der Waals surface area contributed by atoms with Crippen molar-refractivity contribution in [2.75, 3.05) is 37.6 Å². The number of nitrogens with one attached hydrogen (secondary N) is 1. The summed E-state index contributed by atoms with van der Waals surface area (Å²) in [6, 6.07) is 7.52. The maximum atomic E-state index is 12.7. The second kappa shape index (κ2) is 8.11. The van der Waals surface area contributed by atoms with Crippen molar-refractivity contribution in [2.24, 2.45) is 5.73 Å². The molecule has 8 heteroatoms. The van der Waals surface area contributed by atoms with Crippen LogP contribution in [0.5, 0.6) is 0 Å². The minimum Gasteiger partial charge on any atom is -0.481 e. The van der Waals surface area contributed by atoms with Gasteiger partial charge in [-0.15, -0.1) is 0 Å². The fourth-order valence-electron chi connectivity index (χ4n) is 3.38. The van der Waals surface area contributed by atoms with Gasteiger partial charge in [-0.2, -0.15) is 0 Å². The lowest BCUT2D eigenvalue weighted by molar-refractivity contribution is -0.136. The van der Waals surface area contributed by atoms with E-state index in [9.17, 15) is 9.59 Å². The molecule has 1 aromatic carbocycles. The van der Waals surface area contributed by atoms with Gasteiger partial charge in [0.2, 0.25) is 0 Å². The van der Waals surface area contributed by atoms with E-state index in [1.54, 1.807) is 9.80 Å². The third kappa shape index (κ3) is 4.58. The summed E-state index contributed by atoms with van der Waals surface area (Å²) in [6.07, 6.45) is 3.46. The van der Waals surface area contributed by atoms with Crippen molar-refractivity contribution in [3.8, 4) is 0 Å². The van der Waals surface area contributed by atoms with Crippen molar-refractivity contribution in [2.45, 2.75) is 19.3 Å². The highest BCUT2D eigenvalue weighted by atomic mass is 16.4. The van der Waals surface area contributed by atoms with E-state index in [-0.39, 0.29) is 18.4 Å². The first-order valence-electron chi connectivity index (χ1n) is 9.08. The first-order chi connectivity index (χ1) is 12.9. The zero-order chi connectivity index (χ0) is 19.4. The maximum Gasteiger partial charge on any atom is 0.324 e. The van der Waals surface area contributed by atoms with Gasteiger partial charge in [-0.1, -0.05) is 23.8 Å². The van der Waals surface area contributed by atoms with Gasteiger partial charge in [-0.05, 0) is 30.5 Å². The Hall–Kier alpha value is -3.03. The van der Waals surface area contributed by atoms with E-state index >= 15 is 0 Å². The highest BCUT2D eigenvalue weighted by Crippen LogP contribution is 2.22. The van der Waals surface area contributed by atoms with Crippen molar-refractivity contribution in [3.63, 3.8) is 0 Å². The van der Waals surface area contributed by atoms with E-state index in [2.05, 4.69) is 6.08 Å². The van der Waals surface area contributed by atoms with Crippen molar-refractivity contribution in [1.82, 2.24) is 9.80 Å². The van der Waals surface area contributed by atoms with Crippen LogP contribution in [0.4, 0.5) is 10.5 Å². The molecule has 2 amide bonds. The van der Waals surface area contributed by atoms with Crippen molar-refractivity contribution >= 4 is 23.6 Å². The smallest absolute Gasteiger partial charge is 0.324 e. The van der Waals surface area contributed by atoms with E-state index in [4.69, 9.17) is 16.2 Å². The number of aryl methyl sites for hydroxylation is 1. The molecule has 0 spiro atoms. The Balaban J connectivity index is 1.51. The number of carbonyl (C=O) groups excluding carboxylic acids is 1. The molecule has 8 nitrogen and oxygen atoms in total. The lowest BCUT2D eigenvalue weighted by Gasteiger charge is -2.20. The van der Waals surface area contributed by atoms with E-state index in [1.165, 1.54) is 5.57 Å². The van der Waals surface area contributed by atoms with Crippen LogP contribution in [0, 0.1) is 5.41 Å². The monoisotopic (exact) mass is 371 g/mol. The molecule has 0 radical (unpaired) electrons. The number of guanidine groups is 1. The zero-order valence-corrected chi connectivity index (χ0v) is 15.2. The van der Waals surface area contributed by atoms with Gasteiger partial charge in [-0.25, -0.2) is 4.79 Å². The molecule has 0 saturated carbocycles. The lowest BCUT2D eigenvalue weighted by Crippen LogP contribution is -2.35. The Morgan fingerprint density at radius 2 is 1.93 bits per heavy atom. The number of hydrogen-bond donors (Lipinski definition) is 3. The molecular formula is C19H25N5O3. The largest absolute Gasteiger partial charge is 0.481 e. The number of nitrogens with zero attached hydrogens (tertiary/aromatic N) is 3. The van der Waals surface area contributed by atoms with Crippen molar-refractivity contribution in [3.05, 3.63) is 41.5 Å². The van der Waals surface area contributed by atoms with Crippen LogP contribution >= 0.6 is 0 Å². The summed E-state index contributed by atoms with van der Waals surface area (Å²) in [4.78, 5) is 28.7. The van der Waals surface area contributed by atoms with Crippen LogP contribution in [-0.4, -0.2) is 65.6 Å². The standard InChI is InChI=1S/C19H25N5O3/c20-18(21)23-10-8-15(13-23)7-9-22-11-12-24(19(22)27)16-4-1-14(2-5-16)3-6-17(25)26/h1-2,4-5,8H,3,6-7,9-13H2,(H3,20,21)(H,25,26). The molecule has 4 N–H and O–H groups in total. The van der Waals surface area contributed by atoms with Gasteiger partial charge in [0.1, 0.15) is 0 Å². The van der Waals surface area contributed by atoms with Gasteiger partial charge >= 0.3 is 12.0 Å². The van der Waals surface area contributed by atoms with E-state index in [1.807, 2.05) is 29.2 Å². The summed E-state index contributed by atoms with van der Waals surface area (Å²) in [5, 5.41) is 16.2. The Bertz CT molecular complexity index is 759. The predicted molar refractivity (Wildman–Crippen MR) is 103 cm³/mol. The average molecular weight is 371 g/mol. The fraction of sp³-hybridized carbons (Fsp3) is 0.421. The van der Waals surface area contributed by atoms with Crippen LogP contribution in [0.1, 0.15) is 18.4 Å². The number of aliphatic carboxylic acids is 1. The summed E-state index contributed by atoms with van der Waals surface area (Å²) in [6.45, 7) is 3.32. The molecule has 144 valence electrons. The molecule has 0 bridgehead atoms. The van der Waals surface area contributed by atoms with Crippen LogP contribution in [0.15, 0.2) is 35.9 Å². The summed E-state index contributed by atoms with van der Waals surface area (Å²) < 4.78 is 0. The van der Waals surface area contributed by atoms with Crippen LogP contribution < -0.4 is 10.6 Å². The Kier molecular flexibility index (Phi) is 5.63. The number of rotatable bonds is 7. The van der Waals surface area contributed by atoms with Gasteiger partial charge < -0.3 is 20.6 Å². The Morgan fingerprint density at radius 1 is 1.19 bits per heavy atom. The number of carbonyl (C=O) groups is 2. The maximum absolute atomic E-state index is 12.7. The lowest BCUT2D eigenvalue weighted by atomic mass is 10.1. The van der Waals surface area contributed by atoms with Gasteiger partial charge in [0.05, 0.1) is 0 Å². The van der Waals surface area contributed by atoms with Crippen LogP contribution in [0.2, 0.25) is 0 Å². The highest BCUT2D eigenvalue weighted by Gasteiger charge is 2.29. The fourth-order valence-corrected chi connectivity index (χ4v) is 3.38. The van der Waals surface area contributed by atoms with E-state index < -0.39 is 5.97 Å². The second-order valence-electron chi connectivity index (χ2n) is 6.86. The molecule has 1 fully saturated rings. The number of amides is 2. The second-order valence-corrected chi connectivity index (χ2v) is 6.86. The number of urea groups is 1.